The molecular formula is C23H19NO2. The van der Waals surface area contributed by atoms with Crippen molar-refractivity contribution < 1.29 is 9.21 Å². The number of ketones is 1. The van der Waals surface area contributed by atoms with E-state index in [0.717, 1.165) is 29.0 Å². The van der Waals surface area contributed by atoms with Crippen molar-refractivity contribution in [3.63, 3.8) is 0 Å². The van der Waals surface area contributed by atoms with Crippen LogP contribution < -0.4 is 5.73 Å². The van der Waals surface area contributed by atoms with Crippen molar-refractivity contribution in [1.82, 2.24) is 0 Å². The molecule has 1 aliphatic carbocycles. The fourth-order valence-electron chi connectivity index (χ4n) is 3.98. The van der Waals surface area contributed by atoms with E-state index in [1.165, 1.54) is 24.0 Å². The first-order chi connectivity index (χ1) is 12.7. The van der Waals surface area contributed by atoms with Gasteiger partial charge in [-0.25, -0.2) is 0 Å². The number of hydrogen-bond donors (Lipinski definition) is 1. The molecule has 4 aromatic rings. The van der Waals surface area contributed by atoms with Gasteiger partial charge in [0.2, 0.25) is 5.78 Å². The first-order valence-corrected chi connectivity index (χ1v) is 9.08. The zero-order valence-electron chi connectivity index (χ0n) is 14.4. The minimum Gasteiger partial charge on any atom is -0.450 e. The van der Waals surface area contributed by atoms with Crippen molar-refractivity contribution in [3.8, 4) is 0 Å². The van der Waals surface area contributed by atoms with Crippen LogP contribution in [0.15, 0.2) is 59.0 Å². The Kier molecular flexibility index (Phi) is 3.35. The number of carbonyl (C=O) groups excluding carboxylic acids is 1. The molecule has 0 atom stereocenters. The molecule has 128 valence electrons. The van der Waals surface area contributed by atoms with Crippen LogP contribution in [0.4, 0.5) is 5.69 Å². The quantitative estimate of drug-likeness (QED) is 0.505. The van der Waals surface area contributed by atoms with E-state index >= 15 is 0 Å². The van der Waals surface area contributed by atoms with E-state index in [1.807, 2.05) is 42.5 Å². The highest BCUT2D eigenvalue weighted by molar-refractivity contribution is 6.15. The maximum Gasteiger partial charge on any atom is 0.230 e. The Morgan fingerprint density at radius 1 is 0.885 bits per heavy atom. The molecule has 26 heavy (non-hydrogen) atoms. The highest BCUT2D eigenvalue weighted by Gasteiger charge is 2.22. The molecule has 0 amide bonds. The highest BCUT2D eigenvalue weighted by atomic mass is 16.3. The lowest BCUT2D eigenvalue weighted by Gasteiger charge is -2.14. The van der Waals surface area contributed by atoms with Gasteiger partial charge in [0.05, 0.1) is 5.69 Å². The Labute approximate surface area is 151 Å². The predicted molar refractivity (Wildman–Crippen MR) is 105 cm³/mol. The van der Waals surface area contributed by atoms with Gasteiger partial charge in [-0.15, -0.1) is 0 Å². The second kappa shape index (κ2) is 5.73. The van der Waals surface area contributed by atoms with E-state index in [1.54, 1.807) is 0 Å². The van der Waals surface area contributed by atoms with Crippen LogP contribution in [0.25, 0.3) is 21.7 Å². The van der Waals surface area contributed by atoms with Crippen LogP contribution in [0.3, 0.4) is 0 Å². The first-order valence-electron chi connectivity index (χ1n) is 9.08. The Balaban J connectivity index is 1.62. The molecule has 0 spiro atoms. The number of furan rings is 1. The number of nitrogens with two attached hydrogens (primary N) is 1. The van der Waals surface area contributed by atoms with Crippen molar-refractivity contribution in [3.05, 3.63) is 77.0 Å². The van der Waals surface area contributed by atoms with Gasteiger partial charge in [0.25, 0.3) is 0 Å². The summed E-state index contributed by atoms with van der Waals surface area (Å²) in [5.74, 6) is 0.0834. The van der Waals surface area contributed by atoms with Crippen LogP contribution in [-0.4, -0.2) is 5.78 Å². The lowest BCUT2D eigenvalue weighted by atomic mass is 9.90. The average molecular weight is 341 g/mol. The first kappa shape index (κ1) is 15.2. The Morgan fingerprint density at radius 3 is 2.42 bits per heavy atom. The third kappa shape index (κ3) is 2.31. The van der Waals surface area contributed by atoms with Gasteiger partial charge in [0.15, 0.2) is 5.76 Å². The molecule has 0 aliphatic heterocycles. The van der Waals surface area contributed by atoms with Crippen LogP contribution in [0, 0.1) is 0 Å². The van der Waals surface area contributed by atoms with Crippen LogP contribution in [0.1, 0.15) is 40.1 Å². The monoisotopic (exact) mass is 341 g/mol. The van der Waals surface area contributed by atoms with E-state index in [0.29, 0.717) is 16.8 Å². The molecule has 0 unspecified atom stereocenters. The van der Waals surface area contributed by atoms with E-state index in [-0.39, 0.29) is 11.5 Å². The fraction of sp³-hybridized carbons (Fsp3) is 0.174. The summed E-state index contributed by atoms with van der Waals surface area (Å²) >= 11 is 0. The predicted octanol–water partition coefficient (Wildman–Crippen LogP) is 5.28. The average Bonchev–Trinajstić information content (AvgIpc) is 3.01. The summed E-state index contributed by atoms with van der Waals surface area (Å²) in [4.78, 5) is 13.0. The number of benzene rings is 3. The van der Waals surface area contributed by atoms with Gasteiger partial charge in [-0.05, 0) is 65.8 Å². The Morgan fingerprint density at radius 2 is 1.62 bits per heavy atom. The summed E-state index contributed by atoms with van der Waals surface area (Å²) in [6, 6.07) is 17.9. The number of nitrogen functional groups attached to an aromatic ring is 1. The maximum absolute atomic E-state index is 13.0. The summed E-state index contributed by atoms with van der Waals surface area (Å²) in [6.45, 7) is 0. The van der Waals surface area contributed by atoms with Crippen LogP contribution in [0.2, 0.25) is 0 Å². The number of fused-ring (bicyclic) bond motifs is 3. The van der Waals surface area contributed by atoms with Crippen molar-refractivity contribution in [2.45, 2.75) is 25.7 Å². The second-order valence-corrected chi connectivity index (χ2v) is 7.06. The smallest absolute Gasteiger partial charge is 0.230 e. The van der Waals surface area contributed by atoms with E-state index < -0.39 is 0 Å². The van der Waals surface area contributed by atoms with Crippen LogP contribution in [0.5, 0.6) is 0 Å². The summed E-state index contributed by atoms with van der Waals surface area (Å²) in [5, 5.41) is 2.99. The zero-order chi connectivity index (χ0) is 17.7. The Bertz CT molecular complexity index is 1170. The molecule has 1 heterocycles. The third-order valence-electron chi connectivity index (χ3n) is 5.41. The molecule has 3 aromatic carbocycles. The topological polar surface area (TPSA) is 56.2 Å². The summed E-state index contributed by atoms with van der Waals surface area (Å²) in [6.07, 6.45) is 4.56. The lowest BCUT2D eigenvalue weighted by molar-refractivity contribution is 0.101. The molecule has 2 N–H and O–H groups in total. The molecule has 5 rings (SSSR count). The van der Waals surface area contributed by atoms with Gasteiger partial charge in [0.1, 0.15) is 5.58 Å². The lowest BCUT2D eigenvalue weighted by Crippen LogP contribution is -2.03. The van der Waals surface area contributed by atoms with Crippen molar-refractivity contribution in [2.75, 3.05) is 5.73 Å². The van der Waals surface area contributed by atoms with Gasteiger partial charge in [-0.2, -0.15) is 0 Å². The standard InChI is InChI=1S/C23H19NO2/c24-21-19-12-16-7-3-4-8-17(16)13-20(19)26-23(21)22(25)18-10-9-14-5-1-2-6-15(14)11-18/h1-2,5-6,9-13H,3-4,7-8,24H2. The van der Waals surface area contributed by atoms with Gasteiger partial charge < -0.3 is 10.2 Å². The van der Waals surface area contributed by atoms with Gasteiger partial charge >= 0.3 is 0 Å². The summed E-state index contributed by atoms with van der Waals surface area (Å²) in [7, 11) is 0. The second-order valence-electron chi connectivity index (χ2n) is 7.06. The molecule has 0 radical (unpaired) electrons. The number of anilines is 1. The minimum atomic E-state index is -0.164. The minimum absolute atomic E-state index is 0.164. The molecule has 1 aromatic heterocycles. The summed E-state index contributed by atoms with van der Waals surface area (Å²) < 4.78 is 5.92. The fourth-order valence-corrected chi connectivity index (χ4v) is 3.98. The van der Waals surface area contributed by atoms with Crippen molar-refractivity contribution in [2.24, 2.45) is 0 Å². The van der Waals surface area contributed by atoms with E-state index in [9.17, 15) is 4.79 Å². The number of rotatable bonds is 2. The molecule has 1 aliphatic rings. The number of hydrogen-bond acceptors (Lipinski definition) is 3. The van der Waals surface area contributed by atoms with Crippen LogP contribution in [-0.2, 0) is 12.8 Å². The molecule has 0 bridgehead atoms. The van der Waals surface area contributed by atoms with Crippen molar-refractivity contribution >= 4 is 33.2 Å². The zero-order valence-corrected chi connectivity index (χ0v) is 14.4. The molecule has 0 saturated carbocycles. The van der Waals surface area contributed by atoms with Gasteiger partial charge in [-0.3, -0.25) is 4.79 Å². The molecular weight excluding hydrogens is 322 g/mol. The molecule has 3 heteroatoms. The van der Waals surface area contributed by atoms with Crippen molar-refractivity contribution in [1.29, 1.82) is 0 Å². The van der Waals surface area contributed by atoms with Crippen LogP contribution >= 0.6 is 0 Å². The third-order valence-corrected chi connectivity index (χ3v) is 5.41. The van der Waals surface area contributed by atoms with Gasteiger partial charge in [0, 0.05) is 10.9 Å². The molecule has 0 saturated heterocycles. The normalized spacial score (nSPS) is 13.8. The SMILES string of the molecule is Nc1c(C(=O)c2ccc3ccccc3c2)oc2cc3c(cc12)CCCC3. The maximum atomic E-state index is 13.0. The van der Waals surface area contributed by atoms with E-state index in [2.05, 4.69) is 12.1 Å². The number of carbonyl (C=O) groups is 1. The summed E-state index contributed by atoms with van der Waals surface area (Å²) in [5.41, 5.74) is 10.7. The van der Waals surface area contributed by atoms with E-state index in [4.69, 9.17) is 10.2 Å². The number of aryl methyl sites for hydroxylation is 2. The van der Waals surface area contributed by atoms with Gasteiger partial charge in [-0.1, -0.05) is 36.4 Å². The molecule has 3 nitrogen and oxygen atoms in total. The largest absolute Gasteiger partial charge is 0.450 e. The Hall–Kier alpha value is -3.07. The molecule has 0 fully saturated rings. The highest BCUT2D eigenvalue weighted by Crippen LogP contribution is 2.34.